The predicted molar refractivity (Wildman–Crippen MR) is 81.6 cm³/mol. The number of nitrogens with one attached hydrogen (secondary N) is 2. The molecule has 1 aromatic carbocycles. The van der Waals surface area contributed by atoms with Gasteiger partial charge < -0.3 is 20.5 Å². The number of benzene rings is 1. The van der Waals surface area contributed by atoms with Crippen LogP contribution in [0.2, 0.25) is 0 Å². The monoisotopic (exact) mass is 346 g/mol. The molecule has 5 nitrogen and oxygen atoms in total. The molecule has 0 spiro atoms. The zero-order valence-electron chi connectivity index (χ0n) is 13.3. The second kappa shape index (κ2) is 7.74. The molecule has 0 radical (unpaired) electrons. The van der Waals surface area contributed by atoms with Crippen LogP contribution < -0.4 is 15.4 Å². The lowest BCUT2D eigenvalue weighted by molar-refractivity contribution is -0.138. The van der Waals surface area contributed by atoms with Gasteiger partial charge in [0.2, 0.25) is 0 Å². The van der Waals surface area contributed by atoms with Gasteiger partial charge in [0.15, 0.2) is 0 Å². The molecule has 0 aliphatic heterocycles. The van der Waals surface area contributed by atoms with Crippen LogP contribution in [0.4, 0.5) is 18.0 Å². The summed E-state index contributed by atoms with van der Waals surface area (Å²) in [5, 5.41) is 14.7. The number of halogens is 3. The van der Waals surface area contributed by atoms with Gasteiger partial charge in [0, 0.05) is 19.0 Å². The molecule has 24 heavy (non-hydrogen) atoms. The van der Waals surface area contributed by atoms with Crippen LogP contribution in [0.25, 0.3) is 0 Å². The molecular weight excluding hydrogens is 325 g/mol. The molecule has 0 aromatic heterocycles. The first kappa shape index (κ1) is 18.4. The molecule has 0 bridgehead atoms. The van der Waals surface area contributed by atoms with Crippen LogP contribution in [-0.2, 0) is 12.7 Å². The van der Waals surface area contributed by atoms with Crippen molar-refractivity contribution in [3.63, 3.8) is 0 Å². The third-order valence-corrected chi connectivity index (χ3v) is 4.21. The Morgan fingerprint density at radius 3 is 2.67 bits per heavy atom. The van der Waals surface area contributed by atoms with E-state index in [1.165, 1.54) is 19.2 Å². The minimum absolute atomic E-state index is 0.00229. The number of aliphatic hydroxyl groups is 1. The Morgan fingerprint density at radius 2 is 2.08 bits per heavy atom. The molecule has 8 heteroatoms. The summed E-state index contributed by atoms with van der Waals surface area (Å²) in [6.45, 7) is 0.0552. The molecule has 1 aliphatic rings. The Kier molecular flexibility index (Phi) is 5.93. The van der Waals surface area contributed by atoms with Gasteiger partial charge >= 0.3 is 12.2 Å². The molecule has 2 atom stereocenters. The highest BCUT2D eigenvalue weighted by Gasteiger charge is 2.34. The molecule has 1 aliphatic carbocycles. The lowest BCUT2D eigenvalue weighted by Gasteiger charge is -2.17. The fraction of sp³-hybridized carbons (Fsp3) is 0.562. The van der Waals surface area contributed by atoms with Crippen molar-refractivity contribution in [1.82, 2.24) is 10.6 Å². The number of urea groups is 1. The summed E-state index contributed by atoms with van der Waals surface area (Å²) in [6, 6.07) is 3.05. The lowest BCUT2D eigenvalue weighted by atomic mass is 10.1. The Morgan fingerprint density at radius 1 is 1.33 bits per heavy atom. The van der Waals surface area contributed by atoms with Crippen LogP contribution in [-0.4, -0.2) is 30.9 Å². The van der Waals surface area contributed by atoms with E-state index in [0.717, 1.165) is 25.3 Å². The lowest BCUT2D eigenvalue weighted by Crippen LogP contribution is -2.39. The second-order valence-corrected chi connectivity index (χ2v) is 5.84. The highest BCUT2D eigenvalue weighted by Crippen LogP contribution is 2.34. The standard InChI is InChI=1S/C16H21F3N2O3/c1-24-12-6-5-10(13(7-12)16(17,18)19)8-20-15(23)21-9-11-3-2-4-14(11)22/h5-7,11,14,22H,2-4,8-9H2,1H3,(H2,20,21,23)/t11-,14-/m0/s1. The first-order chi connectivity index (χ1) is 11.3. The number of alkyl halides is 3. The van der Waals surface area contributed by atoms with E-state index in [0.29, 0.717) is 6.54 Å². The summed E-state index contributed by atoms with van der Waals surface area (Å²) < 4.78 is 44.0. The minimum Gasteiger partial charge on any atom is -0.497 e. The number of ether oxygens (including phenoxy) is 1. The van der Waals surface area contributed by atoms with Gasteiger partial charge in [-0.05, 0) is 30.5 Å². The zero-order chi connectivity index (χ0) is 17.7. The molecule has 0 saturated heterocycles. The average molecular weight is 346 g/mol. The van der Waals surface area contributed by atoms with E-state index in [1.54, 1.807) is 0 Å². The van der Waals surface area contributed by atoms with E-state index in [-0.39, 0.29) is 23.8 Å². The van der Waals surface area contributed by atoms with Crippen molar-refractivity contribution < 1.29 is 27.8 Å². The third-order valence-electron chi connectivity index (χ3n) is 4.21. The van der Waals surface area contributed by atoms with Gasteiger partial charge in [-0.3, -0.25) is 0 Å². The number of carbonyl (C=O) groups is 1. The van der Waals surface area contributed by atoms with Gasteiger partial charge in [0.05, 0.1) is 18.8 Å². The number of methoxy groups -OCH3 is 1. The fourth-order valence-electron chi connectivity index (χ4n) is 2.82. The van der Waals surface area contributed by atoms with Crippen molar-refractivity contribution in [2.45, 2.75) is 38.1 Å². The summed E-state index contributed by atoms with van der Waals surface area (Å²) in [7, 11) is 1.29. The zero-order valence-corrected chi connectivity index (χ0v) is 13.3. The van der Waals surface area contributed by atoms with Gasteiger partial charge in [-0.25, -0.2) is 4.79 Å². The van der Waals surface area contributed by atoms with Gasteiger partial charge in [0.25, 0.3) is 0 Å². The van der Waals surface area contributed by atoms with Crippen LogP contribution in [0.5, 0.6) is 5.75 Å². The quantitative estimate of drug-likeness (QED) is 0.768. The van der Waals surface area contributed by atoms with Crippen molar-refractivity contribution in [3.05, 3.63) is 29.3 Å². The SMILES string of the molecule is COc1ccc(CNC(=O)NC[C@@H]2CCC[C@@H]2O)c(C(F)(F)F)c1. The molecule has 1 aromatic rings. The molecule has 1 fully saturated rings. The van der Waals surface area contributed by atoms with Gasteiger partial charge in [-0.2, -0.15) is 13.2 Å². The highest BCUT2D eigenvalue weighted by atomic mass is 19.4. The molecular formula is C16H21F3N2O3. The van der Waals surface area contributed by atoms with E-state index in [4.69, 9.17) is 4.74 Å². The predicted octanol–water partition coefficient (Wildman–Crippen LogP) is 2.67. The summed E-state index contributed by atoms with van der Waals surface area (Å²) in [5.74, 6) is 0.105. The second-order valence-electron chi connectivity index (χ2n) is 5.84. The molecule has 2 rings (SSSR count). The number of aliphatic hydroxyl groups excluding tert-OH is 1. The molecule has 3 N–H and O–H groups in total. The van der Waals surface area contributed by atoms with Crippen LogP contribution in [0.3, 0.4) is 0 Å². The van der Waals surface area contributed by atoms with E-state index >= 15 is 0 Å². The van der Waals surface area contributed by atoms with Crippen LogP contribution >= 0.6 is 0 Å². The van der Waals surface area contributed by atoms with Crippen molar-refractivity contribution in [1.29, 1.82) is 0 Å². The molecule has 1 saturated carbocycles. The Bertz CT molecular complexity index is 578. The smallest absolute Gasteiger partial charge is 0.416 e. The van der Waals surface area contributed by atoms with Gasteiger partial charge in [-0.15, -0.1) is 0 Å². The highest BCUT2D eigenvalue weighted by molar-refractivity contribution is 5.73. The van der Waals surface area contributed by atoms with E-state index < -0.39 is 23.9 Å². The number of hydrogen-bond acceptors (Lipinski definition) is 3. The maximum absolute atomic E-state index is 13.1. The normalized spacial score (nSPS) is 20.7. The number of hydrogen-bond donors (Lipinski definition) is 3. The number of rotatable bonds is 5. The minimum atomic E-state index is -4.53. The van der Waals surface area contributed by atoms with Crippen LogP contribution in [0, 0.1) is 5.92 Å². The molecule has 0 unspecified atom stereocenters. The summed E-state index contributed by atoms with van der Waals surface area (Å²) >= 11 is 0. The Balaban J connectivity index is 1.92. The largest absolute Gasteiger partial charge is 0.497 e. The first-order valence-corrected chi connectivity index (χ1v) is 7.75. The Labute approximate surface area is 138 Å². The summed E-state index contributed by atoms with van der Waals surface area (Å²) in [5.41, 5.74) is -0.882. The maximum Gasteiger partial charge on any atom is 0.416 e. The molecule has 0 heterocycles. The van der Waals surface area contributed by atoms with E-state index in [1.807, 2.05) is 0 Å². The van der Waals surface area contributed by atoms with Crippen LogP contribution in [0.15, 0.2) is 18.2 Å². The third kappa shape index (κ3) is 4.77. The molecule has 134 valence electrons. The molecule has 2 amide bonds. The number of amides is 2. The first-order valence-electron chi connectivity index (χ1n) is 7.75. The summed E-state index contributed by atoms with van der Waals surface area (Å²) in [4.78, 5) is 11.8. The van der Waals surface area contributed by atoms with Crippen molar-refractivity contribution in [2.24, 2.45) is 5.92 Å². The van der Waals surface area contributed by atoms with E-state index in [2.05, 4.69) is 10.6 Å². The number of carbonyl (C=O) groups excluding carboxylic acids is 1. The van der Waals surface area contributed by atoms with Crippen molar-refractivity contribution in [3.8, 4) is 5.75 Å². The van der Waals surface area contributed by atoms with Gasteiger partial charge in [0.1, 0.15) is 5.75 Å². The van der Waals surface area contributed by atoms with Crippen LogP contribution in [0.1, 0.15) is 30.4 Å². The topological polar surface area (TPSA) is 70.6 Å². The summed E-state index contributed by atoms with van der Waals surface area (Å²) in [6.07, 6.45) is -2.50. The van der Waals surface area contributed by atoms with Crippen molar-refractivity contribution >= 4 is 6.03 Å². The Hall–Kier alpha value is -1.96. The van der Waals surface area contributed by atoms with Crippen molar-refractivity contribution in [2.75, 3.05) is 13.7 Å². The fourth-order valence-corrected chi connectivity index (χ4v) is 2.82. The van der Waals surface area contributed by atoms with E-state index in [9.17, 15) is 23.1 Å². The van der Waals surface area contributed by atoms with Gasteiger partial charge in [-0.1, -0.05) is 12.5 Å². The average Bonchev–Trinajstić information content (AvgIpc) is 2.95. The maximum atomic E-state index is 13.1.